The molecular weight excluding hydrogens is 264 g/mol. The van der Waals surface area contributed by atoms with Gasteiger partial charge >= 0.3 is 0 Å². The second-order valence-corrected chi connectivity index (χ2v) is 8.43. The van der Waals surface area contributed by atoms with E-state index in [4.69, 9.17) is 4.99 Å². The van der Waals surface area contributed by atoms with Gasteiger partial charge in [-0.2, -0.15) is 0 Å². The van der Waals surface area contributed by atoms with E-state index in [2.05, 4.69) is 12.2 Å². The fourth-order valence-electron chi connectivity index (χ4n) is 4.29. The molecule has 0 bridgehead atoms. The number of aliphatic imine (C=N–C) groups is 1. The highest BCUT2D eigenvalue weighted by molar-refractivity contribution is 8.13. The van der Waals surface area contributed by atoms with Gasteiger partial charge in [-0.05, 0) is 42.9 Å². The maximum atomic E-state index is 4.83. The van der Waals surface area contributed by atoms with Crippen molar-refractivity contribution in [2.75, 3.05) is 18.8 Å². The van der Waals surface area contributed by atoms with Crippen LogP contribution in [0.4, 0.5) is 0 Å². The predicted octanol–water partition coefficient (Wildman–Crippen LogP) is 4.46. The van der Waals surface area contributed by atoms with Crippen LogP contribution in [0.25, 0.3) is 0 Å². The van der Waals surface area contributed by atoms with E-state index < -0.39 is 0 Å². The summed E-state index contributed by atoms with van der Waals surface area (Å²) in [4.78, 5) is 4.83. The van der Waals surface area contributed by atoms with Crippen LogP contribution in [0.5, 0.6) is 0 Å². The van der Waals surface area contributed by atoms with Gasteiger partial charge in [0.25, 0.3) is 0 Å². The lowest BCUT2D eigenvalue weighted by Gasteiger charge is -2.31. The quantitative estimate of drug-likeness (QED) is 0.831. The van der Waals surface area contributed by atoms with E-state index in [0.29, 0.717) is 5.41 Å². The monoisotopic (exact) mass is 294 g/mol. The van der Waals surface area contributed by atoms with Gasteiger partial charge in [0.15, 0.2) is 5.17 Å². The Morgan fingerprint density at radius 1 is 1.25 bits per heavy atom. The summed E-state index contributed by atoms with van der Waals surface area (Å²) in [7, 11) is 0. The fraction of sp³-hybridized carbons (Fsp3) is 0.941. The number of thioether (sulfide) groups is 1. The van der Waals surface area contributed by atoms with Gasteiger partial charge in [0.05, 0.1) is 0 Å². The lowest BCUT2D eigenvalue weighted by Crippen LogP contribution is -2.34. The highest BCUT2D eigenvalue weighted by Crippen LogP contribution is 2.43. The maximum absolute atomic E-state index is 4.83. The molecule has 114 valence electrons. The van der Waals surface area contributed by atoms with Gasteiger partial charge < -0.3 is 5.32 Å². The molecule has 2 nitrogen and oxygen atoms in total. The summed E-state index contributed by atoms with van der Waals surface area (Å²) >= 11 is 1.99. The molecule has 3 rings (SSSR count). The third-order valence-electron chi connectivity index (χ3n) is 5.61. The van der Waals surface area contributed by atoms with Gasteiger partial charge in [0.1, 0.15) is 0 Å². The van der Waals surface area contributed by atoms with E-state index in [1.54, 1.807) is 0 Å². The second-order valence-electron chi connectivity index (χ2n) is 7.47. The minimum Gasteiger partial charge on any atom is -0.365 e. The van der Waals surface area contributed by atoms with Crippen molar-refractivity contribution in [2.45, 2.75) is 64.7 Å². The lowest BCUT2D eigenvalue weighted by atomic mass is 9.81. The molecule has 2 aliphatic carbocycles. The molecule has 0 amide bonds. The van der Waals surface area contributed by atoms with Gasteiger partial charge in [-0.1, -0.05) is 50.8 Å². The molecule has 1 aliphatic heterocycles. The molecule has 0 radical (unpaired) electrons. The van der Waals surface area contributed by atoms with Crippen molar-refractivity contribution >= 4 is 16.9 Å². The summed E-state index contributed by atoms with van der Waals surface area (Å²) in [6.07, 6.45) is 12.8. The van der Waals surface area contributed by atoms with E-state index in [-0.39, 0.29) is 0 Å². The zero-order valence-electron chi connectivity index (χ0n) is 13.0. The summed E-state index contributed by atoms with van der Waals surface area (Å²) < 4.78 is 0. The average molecular weight is 295 g/mol. The molecule has 0 aromatic carbocycles. The van der Waals surface area contributed by atoms with Crippen LogP contribution in [0.2, 0.25) is 0 Å². The molecule has 0 aromatic rings. The summed E-state index contributed by atoms with van der Waals surface area (Å²) in [5.41, 5.74) is 0.578. The van der Waals surface area contributed by atoms with E-state index in [0.717, 1.165) is 24.9 Å². The van der Waals surface area contributed by atoms with Gasteiger partial charge in [-0.15, -0.1) is 0 Å². The van der Waals surface area contributed by atoms with E-state index in [1.165, 1.54) is 68.7 Å². The van der Waals surface area contributed by atoms with Crippen LogP contribution in [-0.4, -0.2) is 24.0 Å². The molecule has 3 heteroatoms. The minimum atomic E-state index is 0.578. The molecular formula is C17H30N2S. The molecule has 2 fully saturated rings. The number of nitrogens with one attached hydrogen (secondary N) is 1. The van der Waals surface area contributed by atoms with Gasteiger partial charge in [-0.3, -0.25) is 4.99 Å². The zero-order valence-corrected chi connectivity index (χ0v) is 13.8. The number of hydrogen-bond donors (Lipinski definition) is 1. The topological polar surface area (TPSA) is 24.4 Å². The van der Waals surface area contributed by atoms with Crippen LogP contribution in [0, 0.1) is 17.3 Å². The predicted molar refractivity (Wildman–Crippen MR) is 89.4 cm³/mol. The molecule has 2 saturated carbocycles. The van der Waals surface area contributed by atoms with E-state index in [1.807, 2.05) is 11.8 Å². The SMILES string of the molecule is CC1CCCC(CCNC2=NCC3(CCCC3)CS2)C1. The summed E-state index contributed by atoms with van der Waals surface area (Å²) in [6, 6.07) is 0. The third-order valence-corrected chi connectivity index (χ3v) is 6.91. The molecule has 1 spiro atoms. The highest BCUT2D eigenvalue weighted by Gasteiger charge is 2.36. The van der Waals surface area contributed by atoms with E-state index in [9.17, 15) is 0 Å². The first-order valence-corrected chi connectivity index (χ1v) is 9.65. The van der Waals surface area contributed by atoms with Crippen LogP contribution in [0.15, 0.2) is 4.99 Å². The summed E-state index contributed by atoms with van der Waals surface area (Å²) in [5.74, 6) is 3.22. The van der Waals surface area contributed by atoms with Crippen LogP contribution in [0.1, 0.15) is 64.7 Å². The van der Waals surface area contributed by atoms with Gasteiger partial charge in [-0.25, -0.2) is 0 Å². The number of hydrogen-bond acceptors (Lipinski definition) is 3. The Kier molecular flexibility index (Phi) is 4.95. The normalized spacial score (nSPS) is 33.1. The van der Waals surface area contributed by atoms with Crippen molar-refractivity contribution in [3.63, 3.8) is 0 Å². The van der Waals surface area contributed by atoms with Crippen LogP contribution in [-0.2, 0) is 0 Å². The van der Waals surface area contributed by atoms with Crippen LogP contribution in [0.3, 0.4) is 0 Å². The smallest absolute Gasteiger partial charge is 0.156 e. The van der Waals surface area contributed by atoms with Crippen molar-refractivity contribution in [1.29, 1.82) is 0 Å². The molecule has 1 N–H and O–H groups in total. The Morgan fingerprint density at radius 3 is 2.80 bits per heavy atom. The first-order chi connectivity index (χ1) is 9.76. The lowest BCUT2D eigenvalue weighted by molar-refractivity contribution is 0.270. The molecule has 0 aromatic heterocycles. The Hall–Kier alpha value is -0.180. The van der Waals surface area contributed by atoms with E-state index >= 15 is 0 Å². The van der Waals surface area contributed by atoms with Crippen molar-refractivity contribution in [3.8, 4) is 0 Å². The number of rotatable bonds is 3. The molecule has 1 heterocycles. The Labute approximate surface area is 128 Å². The Balaban J connectivity index is 1.38. The highest BCUT2D eigenvalue weighted by atomic mass is 32.2. The van der Waals surface area contributed by atoms with Crippen molar-refractivity contribution in [1.82, 2.24) is 5.32 Å². The number of nitrogens with zero attached hydrogens (tertiary/aromatic N) is 1. The van der Waals surface area contributed by atoms with Crippen LogP contribution < -0.4 is 5.32 Å². The third kappa shape index (κ3) is 3.72. The van der Waals surface area contributed by atoms with Gasteiger partial charge in [0, 0.05) is 18.8 Å². The zero-order chi connectivity index (χ0) is 13.8. The first kappa shape index (κ1) is 14.7. The van der Waals surface area contributed by atoms with Crippen molar-refractivity contribution in [3.05, 3.63) is 0 Å². The minimum absolute atomic E-state index is 0.578. The summed E-state index contributed by atoms with van der Waals surface area (Å²) in [5, 5.41) is 4.83. The number of amidine groups is 1. The summed E-state index contributed by atoms with van der Waals surface area (Å²) in [6.45, 7) is 4.64. The standard InChI is InChI=1S/C17H30N2S/c1-14-5-4-6-15(11-14)7-10-18-16-19-12-17(13-20-16)8-2-3-9-17/h14-15H,2-13H2,1H3,(H,18,19). The van der Waals surface area contributed by atoms with Crippen LogP contribution >= 0.6 is 11.8 Å². The van der Waals surface area contributed by atoms with Crippen molar-refractivity contribution in [2.24, 2.45) is 22.2 Å². The molecule has 20 heavy (non-hydrogen) atoms. The Bertz CT molecular complexity index is 347. The van der Waals surface area contributed by atoms with Gasteiger partial charge in [0.2, 0.25) is 0 Å². The molecule has 2 unspecified atom stereocenters. The molecule has 2 atom stereocenters. The second kappa shape index (κ2) is 6.72. The largest absolute Gasteiger partial charge is 0.365 e. The maximum Gasteiger partial charge on any atom is 0.156 e. The fourth-order valence-corrected chi connectivity index (χ4v) is 5.47. The molecule has 0 saturated heterocycles. The van der Waals surface area contributed by atoms with Crippen molar-refractivity contribution < 1.29 is 0 Å². The Morgan fingerprint density at radius 2 is 2.10 bits per heavy atom. The average Bonchev–Trinajstić information content (AvgIpc) is 2.90. The first-order valence-electron chi connectivity index (χ1n) is 8.67. The molecule has 3 aliphatic rings.